The zero-order valence-electron chi connectivity index (χ0n) is 14.4. The average Bonchev–Trinajstić information content (AvgIpc) is 2.48. The van der Waals surface area contributed by atoms with Crippen LogP contribution in [0.1, 0.15) is 49.9 Å². The first-order chi connectivity index (χ1) is 10.5. The number of rotatable bonds is 6. The van der Waals surface area contributed by atoms with Crippen molar-refractivity contribution in [2.24, 2.45) is 5.92 Å². The highest BCUT2D eigenvalue weighted by molar-refractivity contribution is 5.23. The van der Waals surface area contributed by atoms with Crippen molar-refractivity contribution in [2.45, 2.75) is 59.6 Å². The van der Waals surface area contributed by atoms with E-state index in [-0.39, 0.29) is 5.43 Å². The molecule has 22 heavy (non-hydrogen) atoms. The summed E-state index contributed by atoms with van der Waals surface area (Å²) < 4.78 is 5.89. The Morgan fingerprint density at radius 3 is 2.91 bits per heavy atom. The van der Waals surface area contributed by atoms with Crippen LogP contribution < -0.4 is 5.43 Å². The number of H-pyrrole nitrogens is 1. The lowest BCUT2D eigenvalue weighted by atomic mass is 10.0. The number of aromatic nitrogens is 1. The van der Waals surface area contributed by atoms with Gasteiger partial charge in [0.2, 0.25) is 0 Å². The van der Waals surface area contributed by atoms with Crippen LogP contribution in [0, 0.1) is 19.8 Å². The molecule has 1 unspecified atom stereocenters. The van der Waals surface area contributed by atoms with E-state index in [1.165, 1.54) is 12.8 Å². The Morgan fingerprint density at radius 2 is 2.18 bits per heavy atom. The lowest BCUT2D eigenvalue weighted by molar-refractivity contribution is -0.0364. The van der Waals surface area contributed by atoms with Crippen LogP contribution in [0.15, 0.2) is 11.0 Å². The van der Waals surface area contributed by atoms with Gasteiger partial charge in [0.1, 0.15) is 0 Å². The van der Waals surface area contributed by atoms with Crippen LogP contribution in [-0.2, 0) is 11.3 Å². The van der Waals surface area contributed by atoms with Gasteiger partial charge in [0.25, 0.3) is 0 Å². The molecule has 0 aliphatic carbocycles. The first-order valence-corrected chi connectivity index (χ1v) is 8.49. The average molecular weight is 306 g/mol. The van der Waals surface area contributed by atoms with Gasteiger partial charge in [0.15, 0.2) is 5.43 Å². The van der Waals surface area contributed by atoms with Gasteiger partial charge in [-0.25, -0.2) is 0 Å². The number of hydrogen-bond acceptors (Lipinski definition) is 3. The zero-order valence-corrected chi connectivity index (χ0v) is 14.4. The lowest BCUT2D eigenvalue weighted by Gasteiger charge is -2.33. The second-order valence-corrected chi connectivity index (χ2v) is 6.96. The Labute approximate surface area is 133 Å². The van der Waals surface area contributed by atoms with Crippen molar-refractivity contribution in [1.29, 1.82) is 0 Å². The first-order valence-electron chi connectivity index (χ1n) is 8.49. The van der Waals surface area contributed by atoms with E-state index in [0.29, 0.717) is 6.10 Å². The number of nitrogens with one attached hydrogen (secondary N) is 1. The van der Waals surface area contributed by atoms with Crippen molar-refractivity contribution < 1.29 is 4.74 Å². The first kappa shape index (κ1) is 17.2. The quantitative estimate of drug-likeness (QED) is 0.878. The number of nitrogens with zero attached hydrogens (tertiary/aromatic N) is 1. The molecule has 0 saturated carbocycles. The topological polar surface area (TPSA) is 45.3 Å². The molecule has 2 rings (SSSR count). The van der Waals surface area contributed by atoms with Crippen LogP contribution in [0.5, 0.6) is 0 Å². The third-order valence-corrected chi connectivity index (χ3v) is 4.53. The molecule has 4 nitrogen and oxygen atoms in total. The van der Waals surface area contributed by atoms with Gasteiger partial charge in [-0.3, -0.25) is 9.69 Å². The van der Waals surface area contributed by atoms with Crippen LogP contribution in [0.2, 0.25) is 0 Å². The fourth-order valence-corrected chi connectivity index (χ4v) is 3.04. The minimum absolute atomic E-state index is 0.162. The molecule has 1 fully saturated rings. The number of pyridine rings is 1. The highest BCUT2D eigenvalue weighted by Gasteiger charge is 2.21. The molecule has 1 atom stereocenters. The Morgan fingerprint density at radius 1 is 1.41 bits per heavy atom. The predicted octanol–water partition coefficient (Wildman–Crippen LogP) is 3.02. The van der Waals surface area contributed by atoms with E-state index in [4.69, 9.17) is 4.74 Å². The molecule has 0 bridgehead atoms. The highest BCUT2D eigenvalue weighted by atomic mass is 16.5. The summed E-state index contributed by atoms with van der Waals surface area (Å²) in [5.41, 5.74) is 2.84. The Kier molecular flexibility index (Phi) is 6.21. The van der Waals surface area contributed by atoms with E-state index in [0.717, 1.165) is 55.4 Å². The van der Waals surface area contributed by atoms with Crippen LogP contribution in [0.25, 0.3) is 0 Å². The summed E-state index contributed by atoms with van der Waals surface area (Å²) in [5, 5.41) is 0. The largest absolute Gasteiger partial charge is 0.376 e. The van der Waals surface area contributed by atoms with Crippen LogP contribution in [0.4, 0.5) is 0 Å². The van der Waals surface area contributed by atoms with Crippen molar-refractivity contribution in [3.63, 3.8) is 0 Å². The van der Waals surface area contributed by atoms with E-state index in [2.05, 4.69) is 23.7 Å². The number of ether oxygens (including phenoxy) is 1. The summed E-state index contributed by atoms with van der Waals surface area (Å²) >= 11 is 0. The van der Waals surface area contributed by atoms with Gasteiger partial charge >= 0.3 is 0 Å². The molecular weight excluding hydrogens is 276 g/mol. The number of morpholine rings is 1. The molecule has 1 aliphatic rings. The highest BCUT2D eigenvalue weighted by Crippen LogP contribution is 2.16. The summed E-state index contributed by atoms with van der Waals surface area (Å²) in [6, 6.07) is 0. The smallest absolute Gasteiger partial charge is 0.187 e. The van der Waals surface area contributed by atoms with Crippen LogP contribution in [0.3, 0.4) is 0 Å². The Balaban J connectivity index is 1.90. The molecule has 1 aliphatic heterocycles. The third kappa shape index (κ3) is 4.68. The number of aryl methyl sites for hydroxylation is 1. The van der Waals surface area contributed by atoms with E-state index in [1.54, 1.807) is 0 Å². The predicted molar refractivity (Wildman–Crippen MR) is 90.2 cm³/mol. The van der Waals surface area contributed by atoms with E-state index >= 15 is 0 Å². The van der Waals surface area contributed by atoms with Gasteiger partial charge in [-0.2, -0.15) is 0 Å². The molecule has 1 aromatic heterocycles. The molecule has 1 saturated heterocycles. The van der Waals surface area contributed by atoms with Gasteiger partial charge in [0, 0.05) is 42.7 Å². The maximum atomic E-state index is 12.0. The summed E-state index contributed by atoms with van der Waals surface area (Å²) in [7, 11) is 0. The zero-order chi connectivity index (χ0) is 16.1. The molecule has 1 N–H and O–H groups in total. The van der Waals surface area contributed by atoms with Gasteiger partial charge in [0.05, 0.1) is 12.7 Å². The number of hydrogen-bond donors (Lipinski definition) is 1. The fourth-order valence-electron chi connectivity index (χ4n) is 3.04. The second kappa shape index (κ2) is 7.93. The number of aromatic amines is 1. The van der Waals surface area contributed by atoms with E-state index < -0.39 is 0 Å². The lowest BCUT2D eigenvalue weighted by Crippen LogP contribution is -2.42. The van der Waals surface area contributed by atoms with E-state index in [9.17, 15) is 4.79 Å². The van der Waals surface area contributed by atoms with Gasteiger partial charge in [-0.05, 0) is 26.2 Å². The summed E-state index contributed by atoms with van der Waals surface area (Å²) in [6.07, 6.45) is 5.80. The Hall–Kier alpha value is -1.13. The molecule has 0 amide bonds. The second-order valence-electron chi connectivity index (χ2n) is 6.96. The van der Waals surface area contributed by atoms with Crippen molar-refractivity contribution in [3.05, 3.63) is 33.2 Å². The molecule has 124 valence electrons. The molecular formula is C18H30N2O2. The minimum atomic E-state index is 0.162. The molecule has 0 aromatic carbocycles. The fraction of sp³-hybridized carbons (Fsp3) is 0.722. The molecule has 4 heteroatoms. The van der Waals surface area contributed by atoms with Crippen molar-refractivity contribution in [2.75, 3.05) is 19.7 Å². The standard InChI is InChI=1S/C18H30N2O2/c1-13(2)6-5-7-16-11-20(8-9-22-16)12-17-15(4)18(21)14(3)10-19-17/h10,13,16H,5-9,11-12H2,1-4H3,(H,19,21). The third-order valence-electron chi connectivity index (χ3n) is 4.53. The molecule has 0 radical (unpaired) electrons. The maximum Gasteiger partial charge on any atom is 0.187 e. The van der Waals surface area contributed by atoms with E-state index in [1.807, 2.05) is 20.0 Å². The normalized spacial score (nSPS) is 19.8. The molecule has 2 heterocycles. The maximum absolute atomic E-state index is 12.0. The monoisotopic (exact) mass is 306 g/mol. The van der Waals surface area contributed by atoms with Crippen molar-refractivity contribution in [1.82, 2.24) is 9.88 Å². The van der Waals surface area contributed by atoms with Gasteiger partial charge in [-0.15, -0.1) is 0 Å². The molecule has 0 spiro atoms. The van der Waals surface area contributed by atoms with Crippen LogP contribution >= 0.6 is 0 Å². The van der Waals surface area contributed by atoms with Gasteiger partial charge in [-0.1, -0.05) is 26.7 Å². The van der Waals surface area contributed by atoms with Crippen molar-refractivity contribution in [3.8, 4) is 0 Å². The van der Waals surface area contributed by atoms with Gasteiger partial charge < -0.3 is 9.72 Å². The molecule has 1 aromatic rings. The summed E-state index contributed by atoms with van der Waals surface area (Å²) in [5.74, 6) is 0.764. The summed E-state index contributed by atoms with van der Waals surface area (Å²) in [6.45, 7) is 11.8. The van der Waals surface area contributed by atoms with Crippen molar-refractivity contribution >= 4 is 0 Å². The SMILES string of the molecule is Cc1c[nH]c(CN2CCOC(CCCC(C)C)C2)c(C)c1=O. The minimum Gasteiger partial charge on any atom is -0.376 e. The Bertz CT molecular complexity index is 536. The van der Waals surface area contributed by atoms with Crippen LogP contribution in [-0.4, -0.2) is 35.7 Å². The summed E-state index contributed by atoms with van der Waals surface area (Å²) in [4.78, 5) is 17.7.